The van der Waals surface area contributed by atoms with E-state index in [1.807, 2.05) is 27.7 Å². The molecule has 0 spiro atoms. The van der Waals surface area contributed by atoms with Crippen LogP contribution in [0.5, 0.6) is 0 Å². The first-order chi connectivity index (χ1) is 8.80. The molecule has 1 N–H and O–H groups in total. The van der Waals surface area contributed by atoms with Gasteiger partial charge in [0.25, 0.3) is 0 Å². The van der Waals surface area contributed by atoms with E-state index in [1.54, 1.807) is 0 Å². The number of carbonyl (C=O) groups is 1. The number of nitrogens with one attached hydrogen (secondary N) is 1. The third kappa shape index (κ3) is 6.27. The number of amides is 1. The maximum atomic E-state index is 11.6. The van der Waals surface area contributed by atoms with Gasteiger partial charge in [0.15, 0.2) is 0 Å². The van der Waals surface area contributed by atoms with Gasteiger partial charge in [-0.3, -0.25) is 0 Å². The Bertz CT molecular complexity index is 404. The van der Waals surface area contributed by atoms with Crippen molar-refractivity contribution in [2.24, 2.45) is 0 Å². The van der Waals surface area contributed by atoms with Crippen molar-refractivity contribution in [1.29, 1.82) is 0 Å². The third-order valence-corrected chi connectivity index (χ3v) is 2.74. The highest BCUT2D eigenvalue weighted by molar-refractivity contribution is 5.68. The lowest BCUT2D eigenvalue weighted by Gasteiger charge is -2.22. The molecule has 1 rings (SSSR count). The largest absolute Gasteiger partial charge is 0.444 e. The maximum absolute atomic E-state index is 11.6. The molecular weight excluding hydrogens is 238 g/mol. The predicted octanol–water partition coefficient (Wildman–Crippen LogP) is 3.70. The summed E-state index contributed by atoms with van der Waals surface area (Å²) in [4.78, 5) is 11.6. The molecule has 0 fully saturated rings. The van der Waals surface area contributed by atoms with Gasteiger partial charge in [0.1, 0.15) is 5.60 Å². The van der Waals surface area contributed by atoms with Crippen LogP contribution in [0.4, 0.5) is 4.79 Å². The van der Waals surface area contributed by atoms with Crippen LogP contribution in [0.3, 0.4) is 0 Å². The summed E-state index contributed by atoms with van der Waals surface area (Å²) in [5, 5.41) is 2.85. The molecule has 1 aromatic rings. The van der Waals surface area contributed by atoms with E-state index >= 15 is 0 Å². The molecule has 0 bridgehead atoms. The minimum absolute atomic E-state index is 0.0577. The lowest BCUT2D eigenvalue weighted by Crippen LogP contribution is -2.38. The van der Waals surface area contributed by atoms with Gasteiger partial charge in [-0.2, -0.15) is 0 Å². The number of alkyl carbamates (subject to hydrolysis) is 1. The first-order valence-corrected chi connectivity index (χ1v) is 6.87. The van der Waals surface area contributed by atoms with Crippen LogP contribution in [0.25, 0.3) is 0 Å². The van der Waals surface area contributed by atoms with Gasteiger partial charge in [0.05, 0.1) is 0 Å². The number of hydrogen-bond acceptors (Lipinski definition) is 2. The fraction of sp³-hybridized carbons (Fsp3) is 0.562. The molecule has 3 nitrogen and oxygen atoms in total. The van der Waals surface area contributed by atoms with E-state index in [2.05, 4.69) is 36.5 Å². The third-order valence-electron chi connectivity index (χ3n) is 2.74. The quantitative estimate of drug-likeness (QED) is 0.899. The number of aryl methyl sites for hydroxylation is 1. The van der Waals surface area contributed by atoms with Crippen molar-refractivity contribution in [3.05, 3.63) is 35.4 Å². The summed E-state index contributed by atoms with van der Waals surface area (Å²) >= 11 is 0. The minimum atomic E-state index is -0.452. The second-order valence-corrected chi connectivity index (χ2v) is 5.92. The summed E-state index contributed by atoms with van der Waals surface area (Å²) in [6.45, 7) is 9.71. The molecule has 1 aromatic carbocycles. The summed E-state index contributed by atoms with van der Waals surface area (Å²) in [7, 11) is 0. The van der Waals surface area contributed by atoms with Gasteiger partial charge in [-0.05, 0) is 51.7 Å². The van der Waals surface area contributed by atoms with Gasteiger partial charge in [0, 0.05) is 6.04 Å². The van der Waals surface area contributed by atoms with E-state index in [4.69, 9.17) is 4.74 Å². The van der Waals surface area contributed by atoms with Crippen molar-refractivity contribution in [2.45, 2.75) is 59.1 Å². The summed E-state index contributed by atoms with van der Waals surface area (Å²) in [6, 6.07) is 8.56. The fourth-order valence-corrected chi connectivity index (χ4v) is 1.82. The standard InChI is InChI=1S/C16H25NO2/c1-6-13-7-9-14(10-8-13)11-12(2)17-15(18)19-16(3,4)5/h7-10,12H,6,11H2,1-5H3,(H,17,18)/t12-/m1/s1. The molecule has 1 atom stereocenters. The number of ether oxygens (including phenoxy) is 1. The molecule has 0 aromatic heterocycles. The Balaban J connectivity index is 2.46. The van der Waals surface area contributed by atoms with Gasteiger partial charge in [-0.1, -0.05) is 31.2 Å². The van der Waals surface area contributed by atoms with Crippen LogP contribution < -0.4 is 5.32 Å². The zero-order chi connectivity index (χ0) is 14.5. The molecule has 0 aliphatic heterocycles. The van der Waals surface area contributed by atoms with Crippen molar-refractivity contribution in [2.75, 3.05) is 0 Å². The second kappa shape index (κ2) is 6.60. The van der Waals surface area contributed by atoms with Crippen LogP contribution in [0.15, 0.2) is 24.3 Å². The van der Waals surface area contributed by atoms with Crippen molar-refractivity contribution in [3.63, 3.8) is 0 Å². The van der Waals surface area contributed by atoms with Crippen molar-refractivity contribution in [1.82, 2.24) is 5.32 Å². The van der Waals surface area contributed by atoms with E-state index in [9.17, 15) is 4.79 Å². The van der Waals surface area contributed by atoms with Gasteiger partial charge in [0.2, 0.25) is 0 Å². The van der Waals surface area contributed by atoms with Gasteiger partial charge in [-0.25, -0.2) is 4.79 Å². The molecule has 0 saturated carbocycles. The molecule has 0 heterocycles. The number of rotatable bonds is 4. The molecular formula is C16H25NO2. The van der Waals surface area contributed by atoms with Crippen LogP contribution in [0.1, 0.15) is 45.7 Å². The maximum Gasteiger partial charge on any atom is 0.407 e. The van der Waals surface area contributed by atoms with Crippen LogP contribution in [0, 0.1) is 0 Å². The average Bonchev–Trinajstić information content (AvgIpc) is 2.27. The first kappa shape index (κ1) is 15.5. The molecule has 3 heteroatoms. The topological polar surface area (TPSA) is 38.3 Å². The highest BCUT2D eigenvalue weighted by Gasteiger charge is 2.17. The van der Waals surface area contributed by atoms with E-state index < -0.39 is 5.60 Å². The Morgan fingerprint density at radius 1 is 1.21 bits per heavy atom. The van der Waals surface area contributed by atoms with E-state index in [0.717, 1.165) is 12.8 Å². The average molecular weight is 263 g/mol. The fourth-order valence-electron chi connectivity index (χ4n) is 1.82. The smallest absolute Gasteiger partial charge is 0.407 e. The SMILES string of the molecule is CCc1ccc(C[C@@H](C)NC(=O)OC(C)(C)C)cc1. The Kier molecular flexibility index (Phi) is 5.40. The molecule has 0 aliphatic rings. The summed E-state index contributed by atoms with van der Waals surface area (Å²) in [5.41, 5.74) is 2.10. The highest BCUT2D eigenvalue weighted by Crippen LogP contribution is 2.09. The van der Waals surface area contributed by atoms with Crippen molar-refractivity contribution >= 4 is 6.09 Å². The van der Waals surface area contributed by atoms with Gasteiger partial charge < -0.3 is 10.1 Å². The Morgan fingerprint density at radius 2 is 1.74 bits per heavy atom. The Labute approximate surface area is 116 Å². The Morgan fingerprint density at radius 3 is 2.21 bits per heavy atom. The Hall–Kier alpha value is -1.51. The molecule has 106 valence electrons. The number of carbonyl (C=O) groups excluding carboxylic acids is 1. The molecule has 0 saturated heterocycles. The number of benzene rings is 1. The summed E-state index contributed by atoms with van der Waals surface area (Å²) in [6.07, 6.45) is 1.50. The molecule has 0 aliphatic carbocycles. The van der Waals surface area contributed by atoms with Crippen LogP contribution >= 0.6 is 0 Å². The second-order valence-electron chi connectivity index (χ2n) is 5.92. The summed E-state index contributed by atoms with van der Waals surface area (Å²) < 4.78 is 5.23. The van der Waals surface area contributed by atoms with Crippen molar-refractivity contribution < 1.29 is 9.53 Å². The van der Waals surface area contributed by atoms with Crippen LogP contribution in [0.2, 0.25) is 0 Å². The molecule has 19 heavy (non-hydrogen) atoms. The van der Waals surface area contributed by atoms with Crippen LogP contribution in [-0.4, -0.2) is 17.7 Å². The summed E-state index contributed by atoms with van der Waals surface area (Å²) in [5.74, 6) is 0. The molecule has 0 radical (unpaired) electrons. The lowest BCUT2D eigenvalue weighted by atomic mass is 10.0. The lowest BCUT2D eigenvalue weighted by molar-refractivity contribution is 0.0508. The van der Waals surface area contributed by atoms with E-state index in [0.29, 0.717) is 0 Å². The normalized spacial score (nSPS) is 12.9. The van der Waals surface area contributed by atoms with Crippen LogP contribution in [-0.2, 0) is 17.6 Å². The minimum Gasteiger partial charge on any atom is -0.444 e. The van der Waals surface area contributed by atoms with Crippen molar-refractivity contribution in [3.8, 4) is 0 Å². The monoisotopic (exact) mass is 263 g/mol. The van der Waals surface area contributed by atoms with E-state index in [1.165, 1.54) is 11.1 Å². The predicted molar refractivity (Wildman–Crippen MR) is 78.4 cm³/mol. The van der Waals surface area contributed by atoms with Gasteiger partial charge >= 0.3 is 6.09 Å². The van der Waals surface area contributed by atoms with Gasteiger partial charge in [-0.15, -0.1) is 0 Å². The zero-order valence-electron chi connectivity index (χ0n) is 12.6. The zero-order valence-corrected chi connectivity index (χ0v) is 12.6. The highest BCUT2D eigenvalue weighted by atomic mass is 16.6. The number of hydrogen-bond donors (Lipinski definition) is 1. The molecule has 1 amide bonds. The first-order valence-electron chi connectivity index (χ1n) is 6.87. The molecule has 0 unspecified atom stereocenters. The van der Waals surface area contributed by atoms with E-state index in [-0.39, 0.29) is 12.1 Å².